The molecule has 0 bridgehead atoms. The van der Waals surface area contributed by atoms with Crippen molar-refractivity contribution in [3.05, 3.63) is 46.2 Å². The van der Waals surface area contributed by atoms with E-state index < -0.39 is 0 Å². The third-order valence-electron chi connectivity index (χ3n) is 4.41. The molecule has 0 radical (unpaired) electrons. The van der Waals surface area contributed by atoms with Gasteiger partial charge in [-0.15, -0.1) is 35.5 Å². The monoisotopic (exact) mass is 423 g/mol. The molecule has 27 heavy (non-hydrogen) atoms. The lowest BCUT2D eigenvalue weighted by Gasteiger charge is -2.30. The molecule has 0 aliphatic carbocycles. The third kappa shape index (κ3) is 4.89. The first-order chi connectivity index (χ1) is 12.7. The average Bonchev–Trinajstić information content (AvgIpc) is 3.30. The number of aryl methyl sites for hydroxylation is 1. The number of aromatic nitrogens is 3. The Hall–Kier alpha value is -1.45. The maximum atomic E-state index is 5.49. The third-order valence-corrected chi connectivity index (χ3v) is 6.27. The molecule has 2 aromatic heterocycles. The Bertz CT molecular complexity index is 867. The van der Waals surface area contributed by atoms with Crippen molar-refractivity contribution < 1.29 is 4.52 Å². The molecule has 4 rings (SSSR count). The number of hydrogen-bond donors (Lipinski definition) is 1. The first kappa shape index (κ1) is 20.3. The fraction of sp³-hybridized carbons (Fsp3) is 0.389. The highest BCUT2D eigenvalue weighted by Crippen LogP contribution is 2.27. The van der Waals surface area contributed by atoms with Gasteiger partial charge in [0.05, 0.1) is 16.7 Å². The second-order valence-electron chi connectivity index (χ2n) is 6.33. The van der Waals surface area contributed by atoms with Crippen molar-refractivity contribution in [2.45, 2.75) is 23.6 Å². The number of piperazine rings is 1. The van der Waals surface area contributed by atoms with Gasteiger partial charge in [0, 0.05) is 41.2 Å². The minimum atomic E-state index is 0. The van der Waals surface area contributed by atoms with E-state index in [-0.39, 0.29) is 18.4 Å². The van der Waals surface area contributed by atoms with Crippen molar-refractivity contribution in [3.8, 4) is 11.5 Å². The second-order valence-corrected chi connectivity index (χ2v) is 8.44. The van der Waals surface area contributed by atoms with Crippen LogP contribution in [0.15, 0.2) is 39.1 Å². The van der Waals surface area contributed by atoms with Gasteiger partial charge in [0.2, 0.25) is 0 Å². The van der Waals surface area contributed by atoms with Crippen LogP contribution in [-0.2, 0) is 5.75 Å². The van der Waals surface area contributed by atoms with Crippen molar-refractivity contribution in [2.75, 3.05) is 26.7 Å². The molecular formula is C18H22ClN5OS2. The molecule has 3 aromatic rings. The molecule has 1 saturated heterocycles. The zero-order valence-electron chi connectivity index (χ0n) is 15.2. The highest BCUT2D eigenvalue weighted by Gasteiger charge is 2.25. The molecule has 0 saturated carbocycles. The maximum Gasteiger partial charge on any atom is 0.257 e. The summed E-state index contributed by atoms with van der Waals surface area (Å²) < 4.78 is 5.49. The summed E-state index contributed by atoms with van der Waals surface area (Å²) in [6.45, 7) is 4.87. The molecule has 9 heteroatoms. The quantitative estimate of drug-likeness (QED) is 0.626. The fourth-order valence-corrected chi connectivity index (χ4v) is 4.42. The summed E-state index contributed by atoms with van der Waals surface area (Å²) in [5, 5.41) is 10.8. The lowest BCUT2D eigenvalue weighted by atomic mass is 10.2. The number of halogens is 1. The summed E-state index contributed by atoms with van der Waals surface area (Å²) >= 11 is 3.47. The Balaban J connectivity index is 0.00000210. The highest BCUT2D eigenvalue weighted by atomic mass is 35.5. The van der Waals surface area contributed by atoms with Gasteiger partial charge in [-0.05, 0) is 38.2 Å². The van der Waals surface area contributed by atoms with Crippen LogP contribution < -0.4 is 5.32 Å². The fourth-order valence-electron chi connectivity index (χ4n) is 2.91. The van der Waals surface area contributed by atoms with Crippen LogP contribution in [0, 0.1) is 6.92 Å². The lowest BCUT2D eigenvalue weighted by Crippen LogP contribution is -2.44. The van der Waals surface area contributed by atoms with Crippen LogP contribution in [0.25, 0.3) is 11.5 Å². The maximum absolute atomic E-state index is 5.49. The summed E-state index contributed by atoms with van der Waals surface area (Å²) in [6.07, 6.45) is 0. The van der Waals surface area contributed by atoms with E-state index in [1.54, 1.807) is 23.1 Å². The number of rotatable bonds is 5. The normalized spacial score (nSPS) is 17.6. The van der Waals surface area contributed by atoms with E-state index in [9.17, 15) is 0 Å². The molecule has 1 atom stereocenters. The number of nitrogens with one attached hydrogen (secondary N) is 1. The summed E-state index contributed by atoms with van der Waals surface area (Å²) in [7, 11) is 2.09. The molecule has 144 valence electrons. The van der Waals surface area contributed by atoms with E-state index in [1.165, 1.54) is 4.90 Å². The van der Waals surface area contributed by atoms with E-state index >= 15 is 0 Å². The molecule has 6 nitrogen and oxygen atoms in total. The van der Waals surface area contributed by atoms with Crippen LogP contribution in [0.4, 0.5) is 0 Å². The lowest BCUT2D eigenvalue weighted by molar-refractivity contribution is 0.190. The molecular weight excluding hydrogens is 402 g/mol. The van der Waals surface area contributed by atoms with Gasteiger partial charge < -0.3 is 9.84 Å². The number of thiazole rings is 1. The topological polar surface area (TPSA) is 67.1 Å². The van der Waals surface area contributed by atoms with Gasteiger partial charge in [-0.25, -0.2) is 4.98 Å². The van der Waals surface area contributed by atoms with Gasteiger partial charge in [-0.2, -0.15) is 4.98 Å². The van der Waals surface area contributed by atoms with E-state index in [0.29, 0.717) is 5.89 Å². The Morgan fingerprint density at radius 2 is 2.11 bits per heavy atom. The van der Waals surface area contributed by atoms with Crippen molar-refractivity contribution in [2.24, 2.45) is 0 Å². The molecule has 1 N–H and O–H groups in total. The minimum absolute atomic E-state index is 0. The molecule has 0 amide bonds. The van der Waals surface area contributed by atoms with E-state index in [1.807, 2.05) is 19.1 Å². The van der Waals surface area contributed by atoms with Gasteiger partial charge in [-0.3, -0.25) is 4.90 Å². The first-order valence-corrected chi connectivity index (χ1v) is 10.4. The zero-order valence-corrected chi connectivity index (χ0v) is 17.7. The molecule has 1 fully saturated rings. The number of thioether (sulfide) groups is 1. The van der Waals surface area contributed by atoms with Gasteiger partial charge in [0.1, 0.15) is 0 Å². The highest BCUT2D eigenvalue weighted by molar-refractivity contribution is 7.98. The largest absolute Gasteiger partial charge is 0.334 e. The molecule has 1 aliphatic rings. The molecule has 1 unspecified atom stereocenters. The van der Waals surface area contributed by atoms with Crippen molar-refractivity contribution in [1.29, 1.82) is 0 Å². The summed E-state index contributed by atoms with van der Waals surface area (Å²) in [5.74, 6) is 2.20. The number of nitrogens with zero attached hydrogens (tertiary/aromatic N) is 4. The molecule has 1 aliphatic heterocycles. The van der Waals surface area contributed by atoms with Gasteiger partial charge in [-0.1, -0.05) is 5.16 Å². The average molecular weight is 424 g/mol. The summed E-state index contributed by atoms with van der Waals surface area (Å²) in [4.78, 5) is 12.6. The Labute approximate surface area is 173 Å². The standard InChI is InChI=1S/C18H21N5OS2.ClH/c1-12-20-14(10-25-12)11-26-15-5-3-13(4-6-15)18-21-17(22-24-18)16-9-19-7-8-23(16)2;/h3-6,10,16,19H,7-9,11H2,1-2H3;1H. The first-order valence-electron chi connectivity index (χ1n) is 8.58. The second kappa shape index (κ2) is 9.16. The Morgan fingerprint density at radius 3 is 2.81 bits per heavy atom. The predicted octanol–water partition coefficient (Wildman–Crippen LogP) is 3.79. The number of benzene rings is 1. The molecule has 3 heterocycles. The SMILES string of the molecule is Cc1nc(CSc2ccc(-c3nc(C4CNCCN4C)no3)cc2)cs1.Cl. The van der Waals surface area contributed by atoms with E-state index in [2.05, 4.69) is 49.9 Å². The predicted molar refractivity (Wildman–Crippen MR) is 112 cm³/mol. The van der Waals surface area contributed by atoms with E-state index in [0.717, 1.165) is 47.5 Å². The Morgan fingerprint density at radius 1 is 1.30 bits per heavy atom. The van der Waals surface area contributed by atoms with Crippen LogP contribution in [-0.4, -0.2) is 46.7 Å². The number of likely N-dealkylation sites (N-methyl/N-ethyl adjacent to an activating group) is 1. The summed E-state index contributed by atoms with van der Waals surface area (Å²) in [5.41, 5.74) is 2.08. The zero-order chi connectivity index (χ0) is 17.9. The molecule has 1 aromatic carbocycles. The Kier molecular flexibility index (Phi) is 6.88. The van der Waals surface area contributed by atoms with Crippen LogP contribution in [0.2, 0.25) is 0 Å². The van der Waals surface area contributed by atoms with Gasteiger partial charge in [0.15, 0.2) is 5.82 Å². The van der Waals surface area contributed by atoms with Crippen LogP contribution in [0.1, 0.15) is 22.6 Å². The van der Waals surface area contributed by atoms with Crippen LogP contribution >= 0.6 is 35.5 Å². The minimum Gasteiger partial charge on any atom is -0.334 e. The van der Waals surface area contributed by atoms with Crippen LogP contribution in [0.5, 0.6) is 0 Å². The number of hydrogen-bond acceptors (Lipinski definition) is 8. The smallest absolute Gasteiger partial charge is 0.257 e. The molecule has 0 spiro atoms. The summed E-state index contributed by atoms with van der Waals surface area (Å²) in [6, 6.07) is 8.43. The van der Waals surface area contributed by atoms with Crippen molar-refractivity contribution in [3.63, 3.8) is 0 Å². The van der Waals surface area contributed by atoms with Gasteiger partial charge in [0.25, 0.3) is 5.89 Å². The van der Waals surface area contributed by atoms with Crippen LogP contribution in [0.3, 0.4) is 0 Å². The van der Waals surface area contributed by atoms with Crippen molar-refractivity contribution in [1.82, 2.24) is 25.3 Å². The van der Waals surface area contributed by atoms with Gasteiger partial charge >= 0.3 is 0 Å². The van der Waals surface area contributed by atoms with Crippen molar-refractivity contribution >= 4 is 35.5 Å². The van der Waals surface area contributed by atoms with E-state index in [4.69, 9.17) is 4.52 Å².